The molecular formula is C19H18N2O3. The molecule has 5 nitrogen and oxygen atoms in total. The lowest BCUT2D eigenvalue weighted by atomic mass is 10.1. The third-order valence-corrected chi connectivity index (χ3v) is 3.74. The van der Waals surface area contributed by atoms with Crippen LogP contribution in [0.15, 0.2) is 52.9 Å². The summed E-state index contributed by atoms with van der Waals surface area (Å²) < 4.78 is 11.1. The van der Waals surface area contributed by atoms with Gasteiger partial charge >= 0.3 is 5.97 Å². The molecule has 24 heavy (non-hydrogen) atoms. The summed E-state index contributed by atoms with van der Waals surface area (Å²) in [5.74, 6) is 0.270. The first-order valence-corrected chi connectivity index (χ1v) is 7.71. The zero-order valence-electron chi connectivity index (χ0n) is 13.8. The largest absolute Gasteiger partial charge is 0.449 e. The predicted molar refractivity (Wildman–Crippen MR) is 89.5 cm³/mol. The number of hydrogen-bond acceptors (Lipinski definition) is 5. The molecule has 1 aromatic heterocycles. The van der Waals surface area contributed by atoms with Gasteiger partial charge in [0.15, 0.2) is 6.10 Å². The molecule has 1 atom stereocenters. The molecule has 2 aromatic carbocycles. The highest BCUT2D eigenvalue weighted by Crippen LogP contribution is 2.23. The maximum atomic E-state index is 12.3. The van der Waals surface area contributed by atoms with E-state index in [4.69, 9.17) is 9.15 Å². The van der Waals surface area contributed by atoms with E-state index in [1.165, 1.54) is 0 Å². The molecule has 0 saturated carbocycles. The Labute approximate surface area is 140 Å². The molecule has 1 heterocycles. The van der Waals surface area contributed by atoms with Gasteiger partial charge in [0.2, 0.25) is 5.89 Å². The van der Waals surface area contributed by atoms with Crippen LogP contribution in [0.2, 0.25) is 0 Å². The number of nitrogens with zero attached hydrogens (tertiary/aromatic N) is 2. The Kier molecular flexibility index (Phi) is 4.42. The van der Waals surface area contributed by atoms with Crippen LogP contribution in [-0.2, 0) is 4.74 Å². The quantitative estimate of drug-likeness (QED) is 0.671. The first-order chi connectivity index (χ1) is 11.5. The highest BCUT2D eigenvalue weighted by molar-refractivity contribution is 5.91. The summed E-state index contributed by atoms with van der Waals surface area (Å²) in [5, 5.41) is 8.02. The summed E-state index contributed by atoms with van der Waals surface area (Å²) in [7, 11) is 0. The molecule has 0 N–H and O–H groups in total. The van der Waals surface area contributed by atoms with Crippen molar-refractivity contribution >= 4 is 5.97 Å². The number of aryl methyl sites for hydroxylation is 2. The summed E-state index contributed by atoms with van der Waals surface area (Å²) in [4.78, 5) is 12.3. The maximum absolute atomic E-state index is 12.3. The molecule has 122 valence electrons. The van der Waals surface area contributed by atoms with Gasteiger partial charge in [0.05, 0.1) is 5.56 Å². The van der Waals surface area contributed by atoms with Gasteiger partial charge in [0.25, 0.3) is 5.89 Å². The maximum Gasteiger partial charge on any atom is 0.339 e. The highest BCUT2D eigenvalue weighted by atomic mass is 16.6. The molecule has 0 bridgehead atoms. The van der Waals surface area contributed by atoms with Crippen molar-refractivity contribution in [2.45, 2.75) is 26.9 Å². The topological polar surface area (TPSA) is 65.2 Å². The van der Waals surface area contributed by atoms with E-state index in [1.54, 1.807) is 19.1 Å². The Morgan fingerprint density at radius 2 is 1.75 bits per heavy atom. The van der Waals surface area contributed by atoms with E-state index >= 15 is 0 Å². The van der Waals surface area contributed by atoms with E-state index in [1.807, 2.05) is 50.2 Å². The predicted octanol–water partition coefficient (Wildman–Crippen LogP) is 4.27. The van der Waals surface area contributed by atoms with Crippen LogP contribution in [0.4, 0.5) is 0 Å². The smallest absolute Gasteiger partial charge is 0.339 e. The van der Waals surface area contributed by atoms with Gasteiger partial charge in [-0.25, -0.2) is 4.79 Å². The van der Waals surface area contributed by atoms with E-state index in [0.717, 1.165) is 16.7 Å². The Hall–Kier alpha value is -2.95. The van der Waals surface area contributed by atoms with E-state index in [-0.39, 0.29) is 5.89 Å². The first-order valence-electron chi connectivity index (χ1n) is 7.71. The van der Waals surface area contributed by atoms with Crippen molar-refractivity contribution < 1.29 is 13.9 Å². The monoisotopic (exact) mass is 322 g/mol. The van der Waals surface area contributed by atoms with Crippen LogP contribution in [0.5, 0.6) is 0 Å². The lowest BCUT2D eigenvalue weighted by molar-refractivity contribution is 0.0279. The highest BCUT2D eigenvalue weighted by Gasteiger charge is 2.20. The zero-order chi connectivity index (χ0) is 17.1. The normalized spacial score (nSPS) is 12.0. The van der Waals surface area contributed by atoms with E-state index in [2.05, 4.69) is 10.2 Å². The van der Waals surface area contributed by atoms with Crippen LogP contribution < -0.4 is 0 Å². The van der Waals surface area contributed by atoms with Gasteiger partial charge in [0.1, 0.15) is 0 Å². The molecule has 0 spiro atoms. The van der Waals surface area contributed by atoms with Crippen molar-refractivity contribution in [2.75, 3.05) is 0 Å². The number of ether oxygens (including phenoxy) is 1. The summed E-state index contributed by atoms with van der Waals surface area (Å²) in [6, 6.07) is 15.0. The Bertz CT molecular complexity index is 853. The minimum Gasteiger partial charge on any atom is -0.449 e. The molecule has 5 heteroatoms. The molecule has 0 fully saturated rings. The van der Waals surface area contributed by atoms with Gasteiger partial charge in [-0.15, -0.1) is 10.2 Å². The fourth-order valence-corrected chi connectivity index (χ4v) is 2.29. The van der Waals surface area contributed by atoms with E-state index in [0.29, 0.717) is 11.5 Å². The second-order valence-electron chi connectivity index (χ2n) is 5.67. The van der Waals surface area contributed by atoms with Gasteiger partial charge in [-0.2, -0.15) is 0 Å². The van der Waals surface area contributed by atoms with Gasteiger partial charge < -0.3 is 9.15 Å². The molecule has 0 amide bonds. The lowest BCUT2D eigenvalue weighted by Gasteiger charge is -2.10. The van der Waals surface area contributed by atoms with Crippen LogP contribution in [0.1, 0.15) is 40.4 Å². The summed E-state index contributed by atoms with van der Waals surface area (Å²) >= 11 is 0. The number of hydrogen-bond donors (Lipinski definition) is 0. The number of aromatic nitrogens is 2. The lowest BCUT2D eigenvalue weighted by Crippen LogP contribution is -2.10. The van der Waals surface area contributed by atoms with Crippen LogP contribution in [0.25, 0.3) is 11.5 Å². The molecular weight excluding hydrogens is 304 g/mol. The molecule has 3 rings (SSSR count). The second-order valence-corrected chi connectivity index (χ2v) is 5.67. The Balaban J connectivity index is 1.74. The van der Waals surface area contributed by atoms with Crippen LogP contribution >= 0.6 is 0 Å². The third-order valence-electron chi connectivity index (χ3n) is 3.74. The number of benzene rings is 2. The van der Waals surface area contributed by atoms with Crippen molar-refractivity contribution in [3.8, 4) is 11.5 Å². The van der Waals surface area contributed by atoms with Crippen LogP contribution in [0, 0.1) is 13.8 Å². The van der Waals surface area contributed by atoms with Crippen molar-refractivity contribution in [1.29, 1.82) is 0 Å². The van der Waals surface area contributed by atoms with E-state index in [9.17, 15) is 4.79 Å². The third kappa shape index (κ3) is 3.35. The first kappa shape index (κ1) is 15.9. The fourth-order valence-electron chi connectivity index (χ4n) is 2.29. The van der Waals surface area contributed by atoms with Gasteiger partial charge in [-0.1, -0.05) is 35.9 Å². The second kappa shape index (κ2) is 6.66. The average molecular weight is 322 g/mol. The summed E-state index contributed by atoms with van der Waals surface area (Å²) in [6.07, 6.45) is -0.621. The minimum atomic E-state index is -0.621. The van der Waals surface area contributed by atoms with Crippen molar-refractivity contribution in [2.24, 2.45) is 0 Å². The summed E-state index contributed by atoms with van der Waals surface area (Å²) in [6.45, 7) is 5.59. The fraction of sp³-hybridized carbons (Fsp3) is 0.211. The Morgan fingerprint density at radius 3 is 2.46 bits per heavy atom. The molecule has 0 unspecified atom stereocenters. The molecule has 0 aliphatic rings. The summed E-state index contributed by atoms with van der Waals surface area (Å²) in [5.41, 5.74) is 3.37. The van der Waals surface area contributed by atoms with Gasteiger partial charge in [-0.3, -0.25) is 0 Å². The van der Waals surface area contributed by atoms with Gasteiger partial charge in [-0.05, 0) is 44.5 Å². The SMILES string of the molecule is Cc1ccc(-c2nnc([C@@H](C)OC(=O)c3ccccc3C)o2)cc1. The molecule has 0 aliphatic carbocycles. The zero-order valence-corrected chi connectivity index (χ0v) is 13.8. The molecule has 3 aromatic rings. The Morgan fingerprint density at radius 1 is 1.04 bits per heavy atom. The number of esters is 1. The number of carbonyl (C=O) groups is 1. The standard InChI is InChI=1S/C19H18N2O3/c1-12-8-10-15(11-9-12)18-21-20-17(24-18)14(3)23-19(22)16-7-5-4-6-13(16)2/h4-11,14H,1-3H3/t14-/m1/s1. The van der Waals surface area contributed by atoms with Crippen LogP contribution in [-0.4, -0.2) is 16.2 Å². The van der Waals surface area contributed by atoms with Crippen LogP contribution in [0.3, 0.4) is 0 Å². The molecule has 0 radical (unpaired) electrons. The van der Waals surface area contributed by atoms with Crippen molar-refractivity contribution in [3.05, 3.63) is 71.1 Å². The average Bonchev–Trinajstić information content (AvgIpc) is 3.06. The van der Waals surface area contributed by atoms with Crippen molar-refractivity contribution in [3.63, 3.8) is 0 Å². The van der Waals surface area contributed by atoms with E-state index < -0.39 is 12.1 Å². The number of rotatable bonds is 4. The molecule has 0 aliphatic heterocycles. The van der Waals surface area contributed by atoms with Gasteiger partial charge in [0, 0.05) is 5.56 Å². The minimum absolute atomic E-state index is 0.271. The number of carbonyl (C=O) groups excluding carboxylic acids is 1. The van der Waals surface area contributed by atoms with Crippen molar-refractivity contribution in [1.82, 2.24) is 10.2 Å². The molecule has 0 saturated heterocycles.